The zero-order chi connectivity index (χ0) is 16.2. The van der Waals surface area contributed by atoms with Gasteiger partial charge < -0.3 is 10.6 Å². The molecule has 1 saturated carbocycles. The molecule has 1 aliphatic rings. The van der Waals surface area contributed by atoms with Crippen LogP contribution in [0.5, 0.6) is 0 Å². The molecule has 3 N–H and O–H groups in total. The summed E-state index contributed by atoms with van der Waals surface area (Å²) in [6.07, 6.45) is 2.16. The molecule has 0 saturated heterocycles. The van der Waals surface area contributed by atoms with Gasteiger partial charge >= 0.3 is 0 Å². The fourth-order valence-corrected chi connectivity index (χ4v) is 3.05. The molecule has 0 aromatic heterocycles. The lowest BCUT2D eigenvalue weighted by Gasteiger charge is -2.12. The second kappa shape index (κ2) is 7.21. The Morgan fingerprint density at radius 2 is 2.09 bits per heavy atom. The number of carbonyl (C=O) groups is 1. The number of benzene rings is 1. The number of likely N-dealkylation sites (N-methyl/N-ethyl adjacent to an activating group) is 1. The number of hydrogen-bond donors (Lipinski definition) is 3. The number of sulfonamides is 1. The third-order valence-electron chi connectivity index (χ3n) is 3.73. The monoisotopic (exact) mass is 325 g/mol. The van der Waals surface area contributed by atoms with Crippen LogP contribution in [0.15, 0.2) is 29.2 Å². The molecule has 0 heterocycles. The predicted molar refractivity (Wildman–Crippen MR) is 85.2 cm³/mol. The van der Waals surface area contributed by atoms with Crippen molar-refractivity contribution in [2.75, 3.05) is 20.1 Å². The van der Waals surface area contributed by atoms with Crippen LogP contribution in [0.1, 0.15) is 30.1 Å². The summed E-state index contributed by atoms with van der Waals surface area (Å²) in [5.74, 6) is 0.186. The Morgan fingerprint density at radius 3 is 2.73 bits per heavy atom. The summed E-state index contributed by atoms with van der Waals surface area (Å²) in [5.41, 5.74) is 0.345. The first-order valence-corrected chi connectivity index (χ1v) is 8.96. The van der Waals surface area contributed by atoms with Crippen molar-refractivity contribution in [3.63, 3.8) is 0 Å². The second-order valence-electron chi connectivity index (χ2n) is 5.72. The Kier molecular flexibility index (Phi) is 5.55. The maximum Gasteiger partial charge on any atom is 0.251 e. The van der Waals surface area contributed by atoms with Crippen molar-refractivity contribution in [3.05, 3.63) is 29.8 Å². The van der Waals surface area contributed by atoms with Crippen molar-refractivity contribution in [1.82, 2.24) is 15.4 Å². The smallest absolute Gasteiger partial charge is 0.251 e. The van der Waals surface area contributed by atoms with E-state index in [9.17, 15) is 13.2 Å². The molecule has 6 nitrogen and oxygen atoms in total. The van der Waals surface area contributed by atoms with Gasteiger partial charge in [0.25, 0.3) is 5.91 Å². The van der Waals surface area contributed by atoms with Crippen LogP contribution < -0.4 is 15.4 Å². The third kappa shape index (κ3) is 4.79. The van der Waals surface area contributed by atoms with Crippen LogP contribution in [-0.4, -0.2) is 40.5 Å². The van der Waals surface area contributed by atoms with Gasteiger partial charge in [-0.05, 0) is 50.9 Å². The van der Waals surface area contributed by atoms with E-state index in [1.165, 1.54) is 12.1 Å². The first-order valence-electron chi connectivity index (χ1n) is 7.47. The lowest BCUT2D eigenvalue weighted by atomic mass is 10.2. The zero-order valence-corrected chi connectivity index (χ0v) is 13.7. The highest BCUT2D eigenvalue weighted by atomic mass is 32.2. The van der Waals surface area contributed by atoms with E-state index >= 15 is 0 Å². The van der Waals surface area contributed by atoms with Crippen LogP contribution in [0.2, 0.25) is 0 Å². The highest BCUT2D eigenvalue weighted by Gasteiger charge is 2.24. The van der Waals surface area contributed by atoms with E-state index in [1.54, 1.807) is 12.1 Å². The van der Waals surface area contributed by atoms with Gasteiger partial charge in [0.1, 0.15) is 0 Å². The Balaban J connectivity index is 2.03. The minimum atomic E-state index is -3.55. The summed E-state index contributed by atoms with van der Waals surface area (Å²) in [6, 6.07) is 6.26. The molecule has 0 spiro atoms. The standard InChI is InChI=1S/C15H23N3O3S/c1-11(16-2)9-17-15(19)13-4-3-5-14(8-13)22(20,21)18-10-12-6-7-12/h3-5,8,11-12,16,18H,6-7,9-10H2,1-2H3,(H,17,19). The topological polar surface area (TPSA) is 87.3 Å². The number of carbonyl (C=O) groups excluding carboxylic acids is 1. The van der Waals surface area contributed by atoms with Gasteiger partial charge in [-0.1, -0.05) is 6.07 Å². The van der Waals surface area contributed by atoms with Crippen LogP contribution in [0.25, 0.3) is 0 Å². The molecule has 0 aliphatic heterocycles. The van der Waals surface area contributed by atoms with E-state index in [-0.39, 0.29) is 16.8 Å². The molecule has 1 atom stereocenters. The summed E-state index contributed by atoms with van der Waals surface area (Å²) < 4.78 is 27.0. The van der Waals surface area contributed by atoms with Crippen molar-refractivity contribution in [1.29, 1.82) is 0 Å². The zero-order valence-electron chi connectivity index (χ0n) is 12.9. The molecule has 1 aliphatic carbocycles. The average Bonchev–Trinajstić information content (AvgIpc) is 3.34. The Morgan fingerprint density at radius 1 is 1.36 bits per heavy atom. The number of nitrogens with one attached hydrogen (secondary N) is 3. The number of amides is 1. The first kappa shape index (κ1) is 16.9. The van der Waals surface area contributed by atoms with Crippen molar-refractivity contribution in [2.24, 2.45) is 5.92 Å². The summed E-state index contributed by atoms with van der Waals surface area (Å²) in [7, 11) is -1.73. The molecule has 0 bridgehead atoms. The van der Waals surface area contributed by atoms with E-state index in [0.717, 1.165) is 12.8 Å². The van der Waals surface area contributed by atoms with Gasteiger partial charge in [-0.15, -0.1) is 0 Å². The Labute approximate surface area is 131 Å². The van der Waals surface area contributed by atoms with Gasteiger partial charge in [0, 0.05) is 24.7 Å². The van der Waals surface area contributed by atoms with Crippen LogP contribution in [0, 0.1) is 5.92 Å². The minimum Gasteiger partial charge on any atom is -0.350 e. The molecular formula is C15H23N3O3S. The van der Waals surface area contributed by atoms with Crippen LogP contribution in [-0.2, 0) is 10.0 Å². The highest BCUT2D eigenvalue weighted by Crippen LogP contribution is 2.28. The predicted octanol–water partition coefficient (Wildman–Crippen LogP) is 0.713. The molecule has 1 amide bonds. The fraction of sp³-hybridized carbons (Fsp3) is 0.533. The van der Waals surface area contributed by atoms with Crippen molar-refractivity contribution >= 4 is 15.9 Å². The van der Waals surface area contributed by atoms with Gasteiger partial charge in [0.15, 0.2) is 0 Å². The van der Waals surface area contributed by atoms with Crippen LogP contribution in [0.4, 0.5) is 0 Å². The van der Waals surface area contributed by atoms with Crippen LogP contribution in [0.3, 0.4) is 0 Å². The van der Waals surface area contributed by atoms with Gasteiger partial charge in [-0.25, -0.2) is 13.1 Å². The maximum atomic E-state index is 12.2. The lowest BCUT2D eigenvalue weighted by Crippen LogP contribution is -2.37. The second-order valence-corrected chi connectivity index (χ2v) is 7.49. The largest absolute Gasteiger partial charge is 0.350 e. The van der Waals surface area contributed by atoms with E-state index in [1.807, 2.05) is 14.0 Å². The number of hydrogen-bond acceptors (Lipinski definition) is 4. The van der Waals surface area contributed by atoms with Crippen molar-refractivity contribution in [3.8, 4) is 0 Å². The summed E-state index contributed by atoms with van der Waals surface area (Å²) >= 11 is 0. The molecular weight excluding hydrogens is 302 g/mol. The van der Waals surface area contributed by atoms with Gasteiger partial charge in [0.05, 0.1) is 4.90 Å². The normalized spacial score (nSPS) is 16.3. The SMILES string of the molecule is CNC(C)CNC(=O)c1cccc(S(=O)(=O)NCC2CC2)c1. The van der Waals surface area contributed by atoms with Crippen molar-refractivity contribution < 1.29 is 13.2 Å². The molecule has 0 radical (unpaired) electrons. The summed E-state index contributed by atoms with van der Waals surface area (Å²) in [4.78, 5) is 12.2. The molecule has 22 heavy (non-hydrogen) atoms. The van der Waals surface area contributed by atoms with E-state index in [2.05, 4.69) is 15.4 Å². The molecule has 1 aromatic rings. The molecule has 1 fully saturated rings. The molecule has 2 rings (SSSR count). The highest BCUT2D eigenvalue weighted by molar-refractivity contribution is 7.89. The summed E-state index contributed by atoms with van der Waals surface area (Å²) in [5, 5.41) is 5.79. The molecule has 1 unspecified atom stereocenters. The van der Waals surface area contributed by atoms with Gasteiger partial charge in [-0.2, -0.15) is 0 Å². The quantitative estimate of drug-likeness (QED) is 0.657. The fourth-order valence-electron chi connectivity index (χ4n) is 1.89. The molecule has 1 aromatic carbocycles. The number of rotatable bonds is 8. The van der Waals surface area contributed by atoms with E-state index in [0.29, 0.717) is 24.6 Å². The Hall–Kier alpha value is -1.44. The Bertz CT molecular complexity index is 627. The first-order chi connectivity index (χ1) is 10.4. The van der Waals surface area contributed by atoms with Gasteiger partial charge in [0.2, 0.25) is 10.0 Å². The third-order valence-corrected chi connectivity index (χ3v) is 5.15. The maximum absolute atomic E-state index is 12.2. The van der Waals surface area contributed by atoms with E-state index < -0.39 is 10.0 Å². The van der Waals surface area contributed by atoms with Crippen LogP contribution >= 0.6 is 0 Å². The minimum absolute atomic E-state index is 0.127. The van der Waals surface area contributed by atoms with Gasteiger partial charge in [-0.3, -0.25) is 4.79 Å². The van der Waals surface area contributed by atoms with E-state index in [4.69, 9.17) is 0 Å². The molecule has 7 heteroatoms. The average molecular weight is 325 g/mol. The lowest BCUT2D eigenvalue weighted by molar-refractivity contribution is 0.0950. The summed E-state index contributed by atoms with van der Waals surface area (Å²) in [6.45, 7) is 2.90. The van der Waals surface area contributed by atoms with Crippen molar-refractivity contribution in [2.45, 2.75) is 30.7 Å². The molecule has 122 valence electrons.